The van der Waals surface area contributed by atoms with Gasteiger partial charge in [0.1, 0.15) is 11.4 Å². The number of esters is 1. The zero-order valence-corrected chi connectivity index (χ0v) is 18.1. The molecule has 0 spiro atoms. The van der Waals surface area contributed by atoms with E-state index in [4.69, 9.17) is 10.4 Å². The van der Waals surface area contributed by atoms with Crippen molar-refractivity contribution >= 4 is 35.9 Å². The molecule has 0 atom stereocenters. The van der Waals surface area contributed by atoms with Gasteiger partial charge in [0.25, 0.3) is 5.91 Å². The Morgan fingerprint density at radius 3 is 2.67 bits per heavy atom. The number of hydrogen-bond acceptors (Lipinski definition) is 8. The minimum Gasteiger partial charge on any atom is -0.855 e. The Morgan fingerprint density at radius 2 is 2.07 bits per heavy atom. The minimum absolute atomic E-state index is 0. The van der Waals surface area contributed by atoms with E-state index in [9.17, 15) is 9.59 Å². The number of aliphatic imine (C=N–C) groups is 2. The van der Waals surface area contributed by atoms with Gasteiger partial charge < -0.3 is 20.5 Å². The average Bonchev–Trinajstić information content (AvgIpc) is 3.14. The number of carbonyl (C=O) groups is 2. The highest BCUT2D eigenvalue weighted by Crippen LogP contribution is 2.11. The molecule has 164 valence electrons. The van der Waals surface area contributed by atoms with Crippen molar-refractivity contribution in [3.63, 3.8) is 0 Å². The fraction of sp³-hybridized carbons (Fsp3) is 0.500. The molecule has 0 aromatic carbocycles. The van der Waals surface area contributed by atoms with E-state index in [1.165, 1.54) is 12.8 Å². The first kappa shape index (κ1) is 26.9. The van der Waals surface area contributed by atoms with Crippen molar-refractivity contribution in [2.24, 2.45) is 9.98 Å². The quantitative estimate of drug-likeness (QED) is 0.0463. The second-order valence-corrected chi connectivity index (χ2v) is 6.41. The fourth-order valence-corrected chi connectivity index (χ4v) is 2.59. The van der Waals surface area contributed by atoms with E-state index in [1.807, 2.05) is 18.2 Å². The molecule has 1 aliphatic rings. The lowest BCUT2D eigenvalue weighted by Crippen LogP contribution is -2.78. The van der Waals surface area contributed by atoms with Crippen LogP contribution in [0.1, 0.15) is 13.8 Å². The molecule has 1 amide bonds. The summed E-state index contributed by atoms with van der Waals surface area (Å²) in [5.74, 6) is 4.69. The third-order valence-electron chi connectivity index (χ3n) is 3.10. The third-order valence-corrected chi connectivity index (χ3v) is 4.04. The predicted molar refractivity (Wildman–Crippen MR) is 113 cm³/mol. The molecule has 0 aliphatic carbocycles. The number of nitriles is 1. The van der Waals surface area contributed by atoms with Gasteiger partial charge in [-0.25, -0.2) is 9.79 Å². The molecule has 0 saturated heterocycles. The van der Waals surface area contributed by atoms with Gasteiger partial charge in [-0.05, 0) is 0 Å². The molecule has 0 bridgehead atoms. The lowest BCUT2D eigenvalue weighted by molar-refractivity contribution is -0.469. The molecule has 0 fully saturated rings. The first-order valence-electron chi connectivity index (χ1n) is 9.02. The van der Waals surface area contributed by atoms with Gasteiger partial charge in [-0.3, -0.25) is 20.4 Å². The van der Waals surface area contributed by atoms with Crippen LogP contribution in [0.5, 0.6) is 0 Å². The first-order valence-corrected chi connectivity index (χ1v) is 10.2. The Labute approximate surface area is 180 Å². The molecule has 0 saturated carbocycles. The summed E-state index contributed by atoms with van der Waals surface area (Å²) in [6, 6.07) is 0. The van der Waals surface area contributed by atoms with Crippen LogP contribution in [0.3, 0.4) is 0 Å². The Kier molecular flexibility index (Phi) is 16.2. The number of allylic oxidation sites excluding steroid dienone is 1. The van der Waals surface area contributed by atoms with Crippen LogP contribution in [0, 0.1) is 23.3 Å². The van der Waals surface area contributed by atoms with Crippen LogP contribution in [0.4, 0.5) is 0 Å². The number of methoxy groups -OCH3 is 1. The van der Waals surface area contributed by atoms with Crippen molar-refractivity contribution in [1.29, 1.82) is 5.26 Å². The maximum absolute atomic E-state index is 11.4. The number of thioether (sulfide) groups is 1. The van der Waals surface area contributed by atoms with E-state index in [-0.39, 0.29) is 13.2 Å². The highest BCUT2D eigenvalue weighted by molar-refractivity contribution is 7.99. The Balaban J connectivity index is 0.00000263. The van der Waals surface area contributed by atoms with Crippen LogP contribution in [0.25, 0.3) is 0 Å². The molecule has 1 aliphatic heterocycles. The van der Waals surface area contributed by atoms with Gasteiger partial charge in [-0.15, -0.1) is 6.61 Å². The van der Waals surface area contributed by atoms with Gasteiger partial charge in [0, 0.05) is 43.4 Å². The number of rotatable bonds is 8. The van der Waals surface area contributed by atoms with Crippen LogP contribution in [0.2, 0.25) is 0 Å². The highest BCUT2D eigenvalue weighted by Gasteiger charge is 2.09. The summed E-state index contributed by atoms with van der Waals surface area (Å²) in [6.45, 7) is 4.71. The normalized spacial score (nSPS) is 12.0. The maximum Gasteiger partial charge on any atom is 0.384 e. The molecule has 0 radical (unpaired) electrons. The molecular weight excluding hydrogens is 410 g/mol. The lowest BCUT2D eigenvalue weighted by atomic mass is 10.4. The number of amides is 1. The van der Waals surface area contributed by atoms with Crippen LogP contribution in [-0.2, 0) is 14.3 Å². The van der Waals surface area contributed by atoms with Gasteiger partial charge in [0.05, 0.1) is 13.7 Å². The molecule has 30 heavy (non-hydrogen) atoms. The number of carbonyl (C=O) groups excluding carboxylic acids is 2. The molecule has 1 rings (SSSR count). The Morgan fingerprint density at radius 1 is 1.37 bits per heavy atom. The average molecular weight is 438 g/mol. The summed E-state index contributed by atoms with van der Waals surface area (Å²) in [5, 5.41) is 27.5. The van der Waals surface area contributed by atoms with Crippen molar-refractivity contribution < 1.29 is 24.7 Å². The van der Waals surface area contributed by atoms with Crippen molar-refractivity contribution in [3.05, 3.63) is 11.4 Å². The molecular formula is C18H27N7O4S. The fourth-order valence-electron chi connectivity index (χ4n) is 1.73. The van der Waals surface area contributed by atoms with Crippen LogP contribution in [-0.4, -0.2) is 69.0 Å². The van der Waals surface area contributed by atoms with Crippen molar-refractivity contribution in [1.82, 2.24) is 16.0 Å². The van der Waals surface area contributed by atoms with Gasteiger partial charge >= 0.3 is 5.97 Å². The summed E-state index contributed by atoms with van der Waals surface area (Å²) in [5.41, 5.74) is 2.25. The number of nitrogens with one attached hydrogen (secondary N) is 3. The minimum atomic E-state index is -0.780. The summed E-state index contributed by atoms with van der Waals surface area (Å²) in [4.78, 5) is 30.7. The standard InChI is InChI=1S/C16H21N7O3S.C2H5O/c1-12-13(23-11-22-12)9-27-8-7-20-16(21-10-17)19-6-5-18-14(24)3-4-15(25)26-2;1-2-3/h11H,5-9H2,1-2H3,(H,18,24)(H,22,23)(H2,19,20,21);2H2,1H3/q;-1/p+1. The molecule has 0 unspecified atom stereocenters. The van der Waals surface area contributed by atoms with E-state index in [1.54, 1.807) is 31.2 Å². The Bertz CT molecular complexity index is 748. The van der Waals surface area contributed by atoms with Gasteiger partial charge in [-0.2, -0.15) is 17.0 Å². The maximum atomic E-state index is 11.4. The summed E-state index contributed by atoms with van der Waals surface area (Å²) >= 11 is 1.71. The third kappa shape index (κ3) is 14.0. The zero-order valence-electron chi connectivity index (χ0n) is 17.3. The largest absolute Gasteiger partial charge is 0.855 e. The van der Waals surface area contributed by atoms with E-state index < -0.39 is 11.9 Å². The van der Waals surface area contributed by atoms with E-state index in [0.717, 1.165) is 17.2 Å². The molecule has 0 aromatic rings. The number of nitrogens with two attached hydrogens (primary N) is 1. The smallest absolute Gasteiger partial charge is 0.384 e. The van der Waals surface area contributed by atoms with Gasteiger partial charge in [-0.1, -0.05) is 6.92 Å². The van der Waals surface area contributed by atoms with E-state index in [0.29, 0.717) is 19.0 Å². The van der Waals surface area contributed by atoms with Gasteiger partial charge in [0.2, 0.25) is 5.96 Å². The summed E-state index contributed by atoms with van der Waals surface area (Å²) in [7, 11) is 1.18. The van der Waals surface area contributed by atoms with E-state index in [2.05, 4.69) is 36.6 Å². The van der Waals surface area contributed by atoms with Crippen molar-refractivity contribution in [2.75, 3.05) is 44.9 Å². The summed E-state index contributed by atoms with van der Waals surface area (Å²) < 4.78 is 4.30. The monoisotopic (exact) mass is 437 g/mol. The van der Waals surface area contributed by atoms with Crippen LogP contribution < -0.4 is 26.4 Å². The van der Waals surface area contributed by atoms with Gasteiger partial charge in [0.15, 0.2) is 12.5 Å². The summed E-state index contributed by atoms with van der Waals surface area (Å²) in [6.07, 6.45) is 3.60. The van der Waals surface area contributed by atoms with Crippen LogP contribution in [0.15, 0.2) is 21.4 Å². The predicted octanol–water partition coefficient (Wildman–Crippen LogP) is -2.77. The molecule has 11 nitrogen and oxygen atoms in total. The molecule has 1 heterocycles. The SMILES string of the molecule is CC[O-].COC(=O)C#CC(=O)NCCNC(=NCCSCC1=C(C)[NH2+]C=N1)NC#N. The number of nitrogens with zero attached hydrogens (tertiary/aromatic N) is 3. The molecule has 5 N–H and O–H groups in total. The number of guanidine groups is 1. The Hall–Kier alpha value is -3.06. The topological polar surface area (TPSA) is 168 Å². The molecule has 12 heteroatoms. The number of hydrogen-bond donors (Lipinski definition) is 4. The second-order valence-electron chi connectivity index (χ2n) is 5.31. The van der Waals surface area contributed by atoms with Crippen molar-refractivity contribution in [2.45, 2.75) is 13.8 Å². The van der Waals surface area contributed by atoms with E-state index >= 15 is 0 Å². The second kappa shape index (κ2) is 18.0. The van der Waals surface area contributed by atoms with Crippen LogP contribution >= 0.6 is 11.8 Å². The number of quaternary nitrogens is 1. The highest BCUT2D eigenvalue weighted by atomic mass is 32.2. The first-order chi connectivity index (χ1) is 14.5. The lowest BCUT2D eigenvalue weighted by Gasteiger charge is -2.08. The number of ether oxygens (including phenoxy) is 1. The van der Waals surface area contributed by atoms with Crippen molar-refractivity contribution in [3.8, 4) is 18.0 Å². The molecule has 0 aromatic heterocycles. The zero-order chi connectivity index (χ0) is 22.6.